The summed E-state index contributed by atoms with van der Waals surface area (Å²) in [5.74, 6) is 0.297. The van der Waals surface area contributed by atoms with Crippen LogP contribution in [0.15, 0.2) is 30.5 Å². The molecule has 2 aromatic rings. The van der Waals surface area contributed by atoms with Crippen LogP contribution in [0.3, 0.4) is 0 Å². The second-order valence-corrected chi connectivity index (χ2v) is 8.69. The minimum absolute atomic E-state index is 0.0334. The molecule has 1 aliphatic heterocycles. The fraction of sp³-hybridized carbons (Fsp3) is 0.500. The summed E-state index contributed by atoms with van der Waals surface area (Å²) in [7, 11) is 0. The molecule has 2 heterocycles. The van der Waals surface area contributed by atoms with Crippen molar-refractivity contribution in [1.29, 1.82) is 0 Å². The van der Waals surface area contributed by atoms with E-state index in [0.29, 0.717) is 31.6 Å². The van der Waals surface area contributed by atoms with Gasteiger partial charge in [0.05, 0.1) is 18.0 Å². The first-order chi connectivity index (χ1) is 16.7. The number of para-hydroxylation sites is 1. The lowest BCUT2D eigenvalue weighted by atomic mass is 9.84. The van der Waals surface area contributed by atoms with Crippen molar-refractivity contribution in [2.24, 2.45) is 5.92 Å². The van der Waals surface area contributed by atoms with Crippen LogP contribution >= 0.6 is 0 Å². The largest absolute Gasteiger partial charge is 0.573 e. The number of halogens is 3. The van der Waals surface area contributed by atoms with Crippen molar-refractivity contribution >= 4 is 23.2 Å². The number of hydrogen-bond acceptors (Lipinski definition) is 9. The minimum Gasteiger partial charge on any atom is -0.405 e. The molecule has 0 bridgehead atoms. The average Bonchev–Trinajstić information content (AvgIpc) is 2.79. The number of benzene rings is 1. The number of hydrogen-bond donors (Lipinski definition) is 2. The van der Waals surface area contributed by atoms with Crippen LogP contribution in [-0.4, -0.2) is 57.6 Å². The lowest BCUT2D eigenvalue weighted by Crippen LogP contribution is -2.53. The van der Waals surface area contributed by atoms with Gasteiger partial charge in [-0.05, 0) is 37.7 Å². The average molecular weight is 494 g/mol. The normalized spacial score (nSPS) is 20.7. The second-order valence-electron chi connectivity index (χ2n) is 8.69. The number of aromatic nitrogens is 2. The first-order valence-electron chi connectivity index (χ1n) is 11.3. The van der Waals surface area contributed by atoms with Crippen LogP contribution in [0.4, 0.5) is 30.6 Å². The van der Waals surface area contributed by atoms with Gasteiger partial charge >= 0.3 is 12.0 Å². The van der Waals surface area contributed by atoms with E-state index in [2.05, 4.69) is 30.2 Å². The van der Waals surface area contributed by atoms with Crippen molar-refractivity contribution in [2.75, 3.05) is 30.3 Å². The number of nitro groups is 1. The molecule has 2 fully saturated rings. The molecule has 188 valence electrons. The number of carbonyl (C=O) groups excluding carboxylic acids is 1. The topological polar surface area (TPSA) is 123 Å². The number of likely N-dealkylation sites (tertiary alicyclic amines) is 1. The van der Waals surface area contributed by atoms with Gasteiger partial charge in [0.15, 0.2) is 5.78 Å². The van der Waals surface area contributed by atoms with Crippen LogP contribution < -0.4 is 15.4 Å². The predicted molar refractivity (Wildman–Crippen MR) is 120 cm³/mol. The Morgan fingerprint density at radius 3 is 2.51 bits per heavy atom. The van der Waals surface area contributed by atoms with E-state index < -0.39 is 11.3 Å². The van der Waals surface area contributed by atoms with E-state index in [9.17, 15) is 28.1 Å². The Morgan fingerprint density at radius 1 is 1.14 bits per heavy atom. The number of nitrogens with zero attached hydrogens (tertiary/aromatic N) is 4. The Bertz CT molecular complexity index is 1070. The van der Waals surface area contributed by atoms with Crippen LogP contribution in [0.1, 0.15) is 31.2 Å². The first kappa shape index (κ1) is 24.6. The number of rotatable bonds is 9. The summed E-state index contributed by atoms with van der Waals surface area (Å²) in [6.07, 6.45) is 0.0382. The molecule has 1 saturated heterocycles. The summed E-state index contributed by atoms with van der Waals surface area (Å²) in [6.45, 7) is 1.48. The predicted octanol–water partition coefficient (Wildman–Crippen LogP) is 3.75. The number of nitrogens with one attached hydrogen (secondary N) is 2. The Balaban J connectivity index is 1.36. The van der Waals surface area contributed by atoms with Crippen molar-refractivity contribution in [2.45, 2.75) is 44.6 Å². The van der Waals surface area contributed by atoms with E-state index >= 15 is 0 Å². The summed E-state index contributed by atoms with van der Waals surface area (Å²) in [6, 6.07) is 6.06. The number of anilines is 2. The highest BCUT2D eigenvalue weighted by Gasteiger charge is 2.33. The molecule has 1 aromatic heterocycles. The summed E-state index contributed by atoms with van der Waals surface area (Å²) < 4.78 is 42.0. The molecule has 2 aliphatic rings. The van der Waals surface area contributed by atoms with E-state index in [-0.39, 0.29) is 41.1 Å². The van der Waals surface area contributed by atoms with Gasteiger partial charge in [0.1, 0.15) is 11.9 Å². The van der Waals surface area contributed by atoms with Crippen LogP contribution in [0.5, 0.6) is 5.75 Å². The highest BCUT2D eigenvalue weighted by molar-refractivity contribution is 5.87. The molecular formula is C22H25F3N6O4. The van der Waals surface area contributed by atoms with Crippen LogP contribution in [0.25, 0.3) is 0 Å². The van der Waals surface area contributed by atoms with E-state index in [1.165, 1.54) is 18.2 Å². The van der Waals surface area contributed by atoms with Gasteiger partial charge < -0.3 is 15.4 Å². The maximum Gasteiger partial charge on any atom is 0.573 e. The molecule has 35 heavy (non-hydrogen) atoms. The fourth-order valence-electron chi connectivity index (χ4n) is 4.39. The zero-order valence-corrected chi connectivity index (χ0v) is 18.8. The molecule has 1 aliphatic carbocycles. The molecule has 4 rings (SSSR count). The zero-order valence-electron chi connectivity index (χ0n) is 18.8. The SMILES string of the molecule is O=C1CN(C2CCC(CNc3nc(NCc4ccccc4OC(F)(F)F)ncc3[N+](=O)[O-])CC2)C1. The molecule has 13 heteroatoms. The van der Waals surface area contributed by atoms with Gasteiger partial charge in [-0.15, -0.1) is 13.2 Å². The molecule has 0 radical (unpaired) electrons. The maximum atomic E-state index is 12.6. The quantitative estimate of drug-likeness (QED) is 0.396. The fourth-order valence-corrected chi connectivity index (χ4v) is 4.39. The van der Waals surface area contributed by atoms with Gasteiger partial charge in [0.2, 0.25) is 11.8 Å². The highest BCUT2D eigenvalue weighted by Crippen LogP contribution is 2.31. The maximum absolute atomic E-state index is 12.6. The van der Waals surface area contributed by atoms with Gasteiger partial charge in [-0.2, -0.15) is 4.98 Å². The van der Waals surface area contributed by atoms with Crippen LogP contribution in [0, 0.1) is 16.0 Å². The number of ether oxygens (including phenoxy) is 1. The summed E-state index contributed by atoms with van der Waals surface area (Å²) >= 11 is 0. The third kappa shape index (κ3) is 6.56. The lowest BCUT2D eigenvalue weighted by molar-refractivity contribution is -0.384. The zero-order chi connectivity index (χ0) is 25.0. The van der Waals surface area contributed by atoms with Crippen molar-refractivity contribution in [3.05, 3.63) is 46.1 Å². The lowest BCUT2D eigenvalue weighted by Gasteiger charge is -2.40. The Morgan fingerprint density at radius 2 is 1.86 bits per heavy atom. The standard InChI is InChI=1S/C22H25F3N6O4/c23-22(24,25)35-19-4-2-1-3-15(19)10-27-21-28-11-18(31(33)34)20(29-21)26-9-14-5-7-16(8-6-14)30-12-17(32)13-30/h1-4,11,14,16H,5-10,12-13H2,(H2,26,27,28,29). The molecule has 0 spiro atoms. The molecule has 0 atom stereocenters. The van der Waals surface area contributed by atoms with Gasteiger partial charge in [-0.25, -0.2) is 4.98 Å². The number of alkyl halides is 3. The second kappa shape index (κ2) is 10.4. The number of ketones is 1. The molecule has 0 amide bonds. The molecule has 2 N–H and O–H groups in total. The van der Waals surface area contributed by atoms with Gasteiger partial charge in [-0.1, -0.05) is 18.2 Å². The van der Waals surface area contributed by atoms with E-state index in [0.717, 1.165) is 31.9 Å². The van der Waals surface area contributed by atoms with Crippen molar-refractivity contribution in [1.82, 2.24) is 14.9 Å². The number of carbonyl (C=O) groups is 1. The Kier molecular flexibility index (Phi) is 7.34. The van der Waals surface area contributed by atoms with E-state index in [1.54, 1.807) is 6.07 Å². The molecule has 10 nitrogen and oxygen atoms in total. The molecule has 0 unspecified atom stereocenters. The summed E-state index contributed by atoms with van der Waals surface area (Å²) in [4.78, 5) is 32.4. The van der Waals surface area contributed by atoms with E-state index in [4.69, 9.17) is 0 Å². The monoisotopic (exact) mass is 494 g/mol. The van der Waals surface area contributed by atoms with Crippen LogP contribution in [0.2, 0.25) is 0 Å². The van der Waals surface area contributed by atoms with Gasteiger partial charge in [0, 0.05) is 24.7 Å². The third-order valence-corrected chi connectivity index (χ3v) is 6.25. The van der Waals surface area contributed by atoms with Crippen LogP contribution in [-0.2, 0) is 11.3 Å². The number of Topliss-reactive ketones (excluding diaryl/α,β-unsaturated/α-hetero) is 1. The van der Waals surface area contributed by atoms with Crippen molar-refractivity contribution in [3.8, 4) is 5.75 Å². The van der Waals surface area contributed by atoms with Gasteiger partial charge in [0.25, 0.3) is 0 Å². The minimum atomic E-state index is -4.83. The Hall–Kier alpha value is -3.48. The van der Waals surface area contributed by atoms with E-state index in [1.807, 2.05) is 0 Å². The summed E-state index contributed by atoms with van der Waals surface area (Å²) in [5.41, 5.74) is -0.0638. The van der Waals surface area contributed by atoms with Crippen molar-refractivity contribution < 1.29 is 27.6 Å². The first-order valence-corrected chi connectivity index (χ1v) is 11.3. The highest BCUT2D eigenvalue weighted by atomic mass is 19.4. The van der Waals surface area contributed by atoms with Gasteiger partial charge in [-0.3, -0.25) is 19.8 Å². The molecular weight excluding hydrogens is 469 g/mol. The smallest absolute Gasteiger partial charge is 0.405 e. The molecule has 1 saturated carbocycles. The molecule has 1 aromatic carbocycles. The van der Waals surface area contributed by atoms with Crippen molar-refractivity contribution in [3.63, 3.8) is 0 Å². The summed E-state index contributed by atoms with van der Waals surface area (Å²) in [5, 5.41) is 17.3. The third-order valence-electron chi connectivity index (χ3n) is 6.25. The Labute approximate surface area is 199 Å².